The molecule has 0 saturated carbocycles. The second kappa shape index (κ2) is 15.3. The molecular weight excluding hydrogens is 482 g/mol. The Labute approximate surface area is 216 Å². The standard InChI is InChI=1S/C26H31N5O4.ClH/c27-14-8-3-9-15-28-24(32)22-23(30-18-29-22)25(33)31-21(16-19-10-4-1-5-11-19)26(34)35-17-20-12-6-2-7-13-20;/h1-2,4-7,10-13,18,21H,3,8-9,14-17,27H2,(H,28,32)(H,29,30)(H,31,33);1H. The summed E-state index contributed by atoms with van der Waals surface area (Å²) in [5, 5.41) is 5.49. The molecule has 1 heterocycles. The van der Waals surface area contributed by atoms with E-state index in [2.05, 4.69) is 26.3 Å². The molecule has 36 heavy (non-hydrogen) atoms. The van der Waals surface area contributed by atoms with E-state index in [0.29, 0.717) is 6.54 Å². The van der Waals surface area contributed by atoms with Crippen molar-refractivity contribution in [2.75, 3.05) is 13.1 Å². The SMILES string of the molecule is [Cl-].[NH3+]CCCCCNC(=O)c1[nH]cnc1C(=O)NC(Cc1ccccc1)C(=O)OCc1ccccc1. The molecule has 192 valence electrons. The number of carbonyl (C=O) groups is 3. The quantitative estimate of drug-likeness (QED) is 0.165. The number of ether oxygens (including phenoxy) is 1. The number of amides is 2. The molecule has 3 aromatic rings. The number of unbranched alkanes of at least 4 members (excludes halogenated alkanes) is 2. The van der Waals surface area contributed by atoms with Crippen molar-refractivity contribution in [3.63, 3.8) is 0 Å². The van der Waals surface area contributed by atoms with Gasteiger partial charge in [-0.1, -0.05) is 60.7 Å². The number of aromatic nitrogens is 2. The number of halogens is 1. The third kappa shape index (κ3) is 8.83. The van der Waals surface area contributed by atoms with Gasteiger partial charge in [-0.25, -0.2) is 9.78 Å². The summed E-state index contributed by atoms with van der Waals surface area (Å²) in [4.78, 5) is 45.3. The number of nitrogens with one attached hydrogen (secondary N) is 3. The van der Waals surface area contributed by atoms with E-state index >= 15 is 0 Å². The van der Waals surface area contributed by atoms with Gasteiger partial charge in [0.05, 0.1) is 12.9 Å². The van der Waals surface area contributed by atoms with Gasteiger partial charge in [0, 0.05) is 13.0 Å². The van der Waals surface area contributed by atoms with Crippen LogP contribution in [0, 0.1) is 0 Å². The highest BCUT2D eigenvalue weighted by Crippen LogP contribution is 2.10. The molecule has 10 heteroatoms. The molecule has 0 saturated heterocycles. The van der Waals surface area contributed by atoms with E-state index in [4.69, 9.17) is 4.74 Å². The average molecular weight is 514 g/mol. The van der Waals surface area contributed by atoms with Gasteiger partial charge in [-0.2, -0.15) is 0 Å². The highest BCUT2D eigenvalue weighted by atomic mass is 35.5. The molecule has 0 fully saturated rings. The molecule has 3 rings (SSSR count). The van der Waals surface area contributed by atoms with Gasteiger partial charge in [-0.3, -0.25) is 9.59 Å². The van der Waals surface area contributed by atoms with E-state index in [0.717, 1.165) is 36.9 Å². The van der Waals surface area contributed by atoms with Crippen molar-refractivity contribution in [3.05, 3.63) is 89.5 Å². The van der Waals surface area contributed by atoms with E-state index in [9.17, 15) is 14.4 Å². The number of esters is 1. The molecule has 0 spiro atoms. The Kier molecular flexibility index (Phi) is 12.2. The summed E-state index contributed by atoms with van der Waals surface area (Å²) in [7, 11) is 0. The molecule has 2 aromatic carbocycles. The topological polar surface area (TPSA) is 141 Å². The van der Waals surface area contributed by atoms with Crippen molar-refractivity contribution in [2.24, 2.45) is 0 Å². The van der Waals surface area contributed by atoms with Crippen LogP contribution in [0.1, 0.15) is 51.4 Å². The van der Waals surface area contributed by atoms with E-state index in [-0.39, 0.29) is 36.8 Å². The average Bonchev–Trinajstić information content (AvgIpc) is 3.38. The lowest BCUT2D eigenvalue weighted by atomic mass is 10.1. The first kappa shape index (κ1) is 28.5. The highest BCUT2D eigenvalue weighted by Gasteiger charge is 2.27. The number of benzene rings is 2. The minimum absolute atomic E-state index is 0. The molecule has 2 amide bonds. The Morgan fingerprint density at radius 2 is 1.58 bits per heavy atom. The number of carbonyl (C=O) groups excluding carboxylic acids is 3. The molecule has 9 nitrogen and oxygen atoms in total. The first-order valence-corrected chi connectivity index (χ1v) is 11.7. The van der Waals surface area contributed by atoms with Crippen LogP contribution in [0.15, 0.2) is 67.0 Å². The van der Waals surface area contributed by atoms with Gasteiger partial charge in [0.2, 0.25) is 0 Å². The summed E-state index contributed by atoms with van der Waals surface area (Å²) >= 11 is 0. The zero-order valence-corrected chi connectivity index (χ0v) is 20.8. The number of nitrogens with zero attached hydrogens (tertiary/aromatic N) is 1. The van der Waals surface area contributed by atoms with Crippen molar-refractivity contribution in [2.45, 2.75) is 38.3 Å². The van der Waals surface area contributed by atoms with E-state index < -0.39 is 23.8 Å². The first-order chi connectivity index (χ1) is 17.1. The molecule has 0 aliphatic rings. The Bertz CT molecular complexity index is 1090. The van der Waals surface area contributed by atoms with Crippen LogP contribution in [0.2, 0.25) is 0 Å². The van der Waals surface area contributed by atoms with Crippen LogP contribution in [-0.4, -0.2) is 46.9 Å². The number of hydrogen-bond donors (Lipinski definition) is 4. The second-order valence-corrected chi connectivity index (χ2v) is 8.11. The fourth-order valence-corrected chi connectivity index (χ4v) is 3.51. The summed E-state index contributed by atoms with van der Waals surface area (Å²) in [6, 6.07) is 17.7. The van der Waals surface area contributed by atoms with Crippen molar-refractivity contribution in [1.29, 1.82) is 0 Å². The van der Waals surface area contributed by atoms with E-state index in [1.807, 2.05) is 60.7 Å². The number of H-pyrrole nitrogens is 1. The zero-order valence-electron chi connectivity index (χ0n) is 20.0. The smallest absolute Gasteiger partial charge is 0.329 e. The van der Waals surface area contributed by atoms with Gasteiger partial charge < -0.3 is 38.5 Å². The number of quaternary nitrogens is 1. The fourth-order valence-electron chi connectivity index (χ4n) is 3.51. The van der Waals surface area contributed by atoms with Crippen molar-refractivity contribution in [1.82, 2.24) is 20.6 Å². The van der Waals surface area contributed by atoms with Crippen LogP contribution in [0.4, 0.5) is 0 Å². The molecular formula is C26H32ClN5O4. The Morgan fingerprint density at radius 3 is 2.25 bits per heavy atom. The molecule has 0 aliphatic carbocycles. The van der Waals surface area contributed by atoms with E-state index in [1.165, 1.54) is 6.33 Å². The fraction of sp³-hybridized carbons (Fsp3) is 0.308. The van der Waals surface area contributed by atoms with Crippen LogP contribution < -0.4 is 28.8 Å². The zero-order chi connectivity index (χ0) is 24.9. The number of hydrogen-bond acceptors (Lipinski definition) is 5. The van der Waals surface area contributed by atoms with Crippen molar-refractivity contribution < 1.29 is 37.3 Å². The lowest BCUT2D eigenvalue weighted by molar-refractivity contribution is -0.368. The monoisotopic (exact) mass is 513 g/mol. The molecule has 0 aliphatic heterocycles. The number of imidazole rings is 1. The maximum absolute atomic E-state index is 13.0. The normalized spacial score (nSPS) is 11.1. The predicted octanol–water partition coefficient (Wildman–Crippen LogP) is -1.36. The van der Waals surface area contributed by atoms with Gasteiger partial charge >= 0.3 is 5.97 Å². The number of aromatic amines is 1. The summed E-state index contributed by atoms with van der Waals surface area (Å²) < 4.78 is 5.48. The van der Waals surface area contributed by atoms with Crippen LogP contribution in [0.25, 0.3) is 0 Å². The van der Waals surface area contributed by atoms with Crippen LogP contribution in [0.5, 0.6) is 0 Å². The number of rotatable bonds is 13. The molecule has 1 unspecified atom stereocenters. The summed E-state index contributed by atoms with van der Waals surface area (Å²) in [5.41, 5.74) is 5.48. The first-order valence-electron chi connectivity index (χ1n) is 11.7. The summed E-state index contributed by atoms with van der Waals surface area (Å²) in [5.74, 6) is -1.63. The third-order valence-corrected chi connectivity index (χ3v) is 5.39. The van der Waals surface area contributed by atoms with E-state index in [1.54, 1.807) is 0 Å². The molecule has 0 bridgehead atoms. The second-order valence-electron chi connectivity index (χ2n) is 8.11. The molecule has 6 N–H and O–H groups in total. The molecule has 1 atom stereocenters. The molecule has 1 aromatic heterocycles. The minimum Gasteiger partial charge on any atom is -1.00 e. The van der Waals surface area contributed by atoms with Crippen molar-refractivity contribution >= 4 is 17.8 Å². The third-order valence-electron chi connectivity index (χ3n) is 5.39. The Hall–Kier alpha value is -3.69. The summed E-state index contributed by atoms with van der Waals surface area (Å²) in [6.07, 6.45) is 4.30. The van der Waals surface area contributed by atoms with Crippen LogP contribution in [0.3, 0.4) is 0 Å². The summed E-state index contributed by atoms with van der Waals surface area (Å²) in [6.45, 7) is 1.43. The van der Waals surface area contributed by atoms with Gasteiger partial charge in [-0.05, 0) is 30.4 Å². The largest absolute Gasteiger partial charge is 1.00 e. The lowest BCUT2D eigenvalue weighted by Crippen LogP contribution is -3.00. The lowest BCUT2D eigenvalue weighted by Gasteiger charge is -2.18. The Balaban J connectivity index is 0.00000456. The minimum atomic E-state index is -0.955. The van der Waals surface area contributed by atoms with Crippen LogP contribution in [-0.2, 0) is 22.6 Å². The maximum Gasteiger partial charge on any atom is 0.329 e. The maximum atomic E-state index is 13.0. The van der Waals surface area contributed by atoms with Crippen molar-refractivity contribution in [3.8, 4) is 0 Å². The van der Waals surface area contributed by atoms with Crippen LogP contribution >= 0.6 is 0 Å². The predicted molar refractivity (Wildman–Crippen MR) is 130 cm³/mol. The highest BCUT2D eigenvalue weighted by molar-refractivity contribution is 6.05. The van der Waals surface area contributed by atoms with Gasteiger partial charge in [-0.15, -0.1) is 0 Å². The molecule has 0 radical (unpaired) electrons. The van der Waals surface area contributed by atoms with Gasteiger partial charge in [0.15, 0.2) is 5.69 Å². The Morgan fingerprint density at radius 1 is 0.917 bits per heavy atom. The van der Waals surface area contributed by atoms with Gasteiger partial charge in [0.1, 0.15) is 18.3 Å². The van der Waals surface area contributed by atoms with Gasteiger partial charge in [0.25, 0.3) is 11.8 Å².